The topological polar surface area (TPSA) is 26.0 Å². The third-order valence-corrected chi connectivity index (χ3v) is 2.88. The molecule has 0 radical (unpaired) electrons. The van der Waals surface area contributed by atoms with Gasteiger partial charge in [0.2, 0.25) is 0 Å². The van der Waals surface area contributed by atoms with E-state index in [1.165, 1.54) is 0 Å². The number of hydrogen-bond donors (Lipinski definition) is 1. The first kappa shape index (κ1) is 10.1. The maximum absolute atomic E-state index is 5.86. The highest BCUT2D eigenvalue weighted by Gasteiger charge is 1.96. The first-order valence-corrected chi connectivity index (χ1v) is 5.62. The zero-order valence-electron chi connectivity index (χ0n) is 7.83. The van der Waals surface area contributed by atoms with Crippen molar-refractivity contribution in [3.8, 4) is 11.8 Å². The normalized spacial score (nSPS) is 9.40. The number of thiophene rings is 1. The third kappa shape index (κ3) is 2.53. The van der Waals surface area contributed by atoms with Gasteiger partial charge in [0.15, 0.2) is 0 Å². The van der Waals surface area contributed by atoms with Gasteiger partial charge in [0.25, 0.3) is 0 Å². The summed E-state index contributed by atoms with van der Waals surface area (Å²) in [6, 6.07) is 9.24. The molecular weight excluding hydrogens is 226 g/mol. The maximum atomic E-state index is 5.86. The molecule has 0 bridgehead atoms. The Morgan fingerprint density at radius 3 is 2.80 bits per heavy atom. The van der Waals surface area contributed by atoms with Gasteiger partial charge in [0.05, 0.1) is 4.88 Å². The molecule has 15 heavy (non-hydrogen) atoms. The average Bonchev–Trinajstić information content (AvgIpc) is 2.72. The molecule has 1 aromatic heterocycles. The highest BCUT2D eigenvalue weighted by molar-refractivity contribution is 7.10. The Balaban J connectivity index is 2.35. The highest BCUT2D eigenvalue weighted by atomic mass is 35.5. The van der Waals surface area contributed by atoms with E-state index >= 15 is 0 Å². The SMILES string of the molecule is Nc1ccc(Cl)cc1C#Cc1cccs1. The molecule has 0 aliphatic heterocycles. The molecule has 0 aliphatic rings. The van der Waals surface area contributed by atoms with Crippen LogP contribution in [0.2, 0.25) is 5.02 Å². The predicted molar refractivity (Wildman–Crippen MR) is 66.2 cm³/mol. The van der Waals surface area contributed by atoms with Crippen molar-refractivity contribution < 1.29 is 0 Å². The number of rotatable bonds is 0. The summed E-state index contributed by atoms with van der Waals surface area (Å²) in [7, 11) is 0. The summed E-state index contributed by atoms with van der Waals surface area (Å²) >= 11 is 7.46. The van der Waals surface area contributed by atoms with Gasteiger partial charge in [-0.2, -0.15) is 0 Å². The molecule has 3 heteroatoms. The lowest BCUT2D eigenvalue weighted by atomic mass is 10.2. The number of nitrogen functional groups attached to an aromatic ring is 1. The van der Waals surface area contributed by atoms with E-state index in [0.717, 1.165) is 10.4 Å². The van der Waals surface area contributed by atoms with Gasteiger partial charge in [-0.25, -0.2) is 0 Å². The van der Waals surface area contributed by atoms with Gasteiger partial charge in [-0.1, -0.05) is 29.5 Å². The van der Waals surface area contributed by atoms with Gasteiger partial charge < -0.3 is 5.73 Å². The quantitative estimate of drug-likeness (QED) is 0.548. The van der Waals surface area contributed by atoms with Crippen LogP contribution in [0.5, 0.6) is 0 Å². The predicted octanol–water partition coefficient (Wildman–Crippen LogP) is 3.38. The Bertz CT molecular complexity index is 520. The Morgan fingerprint density at radius 2 is 2.07 bits per heavy atom. The van der Waals surface area contributed by atoms with Gasteiger partial charge >= 0.3 is 0 Å². The maximum Gasteiger partial charge on any atom is 0.0772 e. The van der Waals surface area contributed by atoms with E-state index in [1.807, 2.05) is 17.5 Å². The molecule has 0 atom stereocenters. The first-order valence-electron chi connectivity index (χ1n) is 4.36. The van der Waals surface area contributed by atoms with E-state index in [-0.39, 0.29) is 0 Å². The van der Waals surface area contributed by atoms with E-state index in [4.69, 9.17) is 17.3 Å². The molecular formula is C12H8ClNS. The number of halogens is 1. The van der Waals surface area contributed by atoms with Crippen LogP contribution in [-0.4, -0.2) is 0 Å². The number of benzene rings is 1. The second-order valence-corrected chi connectivity index (χ2v) is 4.34. The fourth-order valence-corrected chi connectivity index (χ4v) is 1.86. The van der Waals surface area contributed by atoms with Crippen LogP contribution in [0.1, 0.15) is 10.4 Å². The monoisotopic (exact) mass is 233 g/mol. The standard InChI is InChI=1S/C12H8ClNS/c13-10-4-6-12(14)9(8-10)3-5-11-2-1-7-15-11/h1-2,4,6-8H,14H2. The summed E-state index contributed by atoms with van der Waals surface area (Å²) < 4.78 is 0. The van der Waals surface area contributed by atoms with Gasteiger partial charge in [-0.15, -0.1) is 11.3 Å². The van der Waals surface area contributed by atoms with Crippen molar-refractivity contribution in [1.29, 1.82) is 0 Å². The summed E-state index contributed by atoms with van der Waals surface area (Å²) in [5.41, 5.74) is 7.20. The van der Waals surface area contributed by atoms with E-state index in [1.54, 1.807) is 29.5 Å². The largest absolute Gasteiger partial charge is 0.398 e. The van der Waals surface area contributed by atoms with Crippen molar-refractivity contribution in [2.24, 2.45) is 0 Å². The van der Waals surface area contributed by atoms with Crippen LogP contribution >= 0.6 is 22.9 Å². The minimum absolute atomic E-state index is 0.652. The number of nitrogens with two attached hydrogens (primary N) is 1. The van der Waals surface area contributed by atoms with Crippen LogP contribution < -0.4 is 5.73 Å². The van der Waals surface area contributed by atoms with Crippen LogP contribution in [0.4, 0.5) is 5.69 Å². The average molecular weight is 234 g/mol. The molecule has 0 saturated carbocycles. The van der Waals surface area contributed by atoms with Crippen molar-refractivity contribution in [3.05, 3.63) is 51.2 Å². The zero-order valence-corrected chi connectivity index (χ0v) is 9.40. The summed E-state index contributed by atoms with van der Waals surface area (Å²) in [5.74, 6) is 6.05. The minimum Gasteiger partial charge on any atom is -0.398 e. The lowest BCUT2D eigenvalue weighted by Gasteiger charge is -1.97. The first-order chi connectivity index (χ1) is 7.25. The number of anilines is 1. The third-order valence-electron chi connectivity index (χ3n) is 1.86. The van der Waals surface area contributed by atoms with E-state index in [0.29, 0.717) is 10.7 Å². The molecule has 1 nitrogen and oxygen atoms in total. The van der Waals surface area contributed by atoms with Crippen LogP contribution in [0.25, 0.3) is 0 Å². The molecule has 0 saturated heterocycles. The van der Waals surface area contributed by atoms with Crippen LogP contribution in [-0.2, 0) is 0 Å². The smallest absolute Gasteiger partial charge is 0.0772 e. The molecule has 74 valence electrons. The van der Waals surface area contributed by atoms with Gasteiger partial charge in [-0.05, 0) is 29.6 Å². The van der Waals surface area contributed by atoms with Crippen molar-refractivity contribution in [1.82, 2.24) is 0 Å². The summed E-state index contributed by atoms with van der Waals surface area (Å²) in [6.07, 6.45) is 0. The van der Waals surface area contributed by atoms with E-state index < -0.39 is 0 Å². The molecule has 0 spiro atoms. The second-order valence-electron chi connectivity index (χ2n) is 2.96. The molecule has 0 fully saturated rings. The lowest BCUT2D eigenvalue weighted by molar-refractivity contribution is 1.63. The molecule has 0 aliphatic carbocycles. The van der Waals surface area contributed by atoms with Crippen LogP contribution in [0, 0.1) is 11.8 Å². The molecule has 1 aromatic carbocycles. The van der Waals surface area contributed by atoms with E-state index in [2.05, 4.69) is 11.8 Å². The highest BCUT2D eigenvalue weighted by Crippen LogP contribution is 2.17. The Hall–Kier alpha value is -1.43. The van der Waals surface area contributed by atoms with Crippen LogP contribution in [0.3, 0.4) is 0 Å². The lowest BCUT2D eigenvalue weighted by Crippen LogP contribution is -1.89. The Labute approximate surface area is 97.5 Å². The molecule has 0 unspecified atom stereocenters. The Morgan fingerprint density at radius 1 is 1.20 bits per heavy atom. The molecule has 2 N–H and O–H groups in total. The van der Waals surface area contributed by atoms with Crippen LogP contribution in [0.15, 0.2) is 35.7 Å². The van der Waals surface area contributed by atoms with Gasteiger partial charge in [-0.3, -0.25) is 0 Å². The van der Waals surface area contributed by atoms with Crippen molar-refractivity contribution in [2.45, 2.75) is 0 Å². The van der Waals surface area contributed by atoms with Gasteiger partial charge in [0.1, 0.15) is 0 Å². The fraction of sp³-hybridized carbons (Fsp3) is 0. The van der Waals surface area contributed by atoms with Crippen molar-refractivity contribution >= 4 is 28.6 Å². The fourth-order valence-electron chi connectivity index (χ4n) is 1.12. The molecule has 2 aromatic rings. The zero-order chi connectivity index (χ0) is 10.7. The molecule has 2 rings (SSSR count). The molecule has 1 heterocycles. The Kier molecular flexibility index (Phi) is 2.96. The minimum atomic E-state index is 0.652. The summed E-state index contributed by atoms with van der Waals surface area (Å²) in [4.78, 5) is 1.02. The van der Waals surface area contributed by atoms with E-state index in [9.17, 15) is 0 Å². The summed E-state index contributed by atoms with van der Waals surface area (Å²) in [6.45, 7) is 0. The second kappa shape index (κ2) is 4.39. The number of hydrogen-bond acceptors (Lipinski definition) is 2. The summed E-state index contributed by atoms with van der Waals surface area (Å²) in [5, 5.41) is 2.64. The molecule has 0 amide bonds. The van der Waals surface area contributed by atoms with Crippen molar-refractivity contribution in [2.75, 3.05) is 5.73 Å². The van der Waals surface area contributed by atoms with Gasteiger partial charge in [0, 0.05) is 16.3 Å². The van der Waals surface area contributed by atoms with Crippen molar-refractivity contribution in [3.63, 3.8) is 0 Å².